The molecule has 0 unspecified atom stereocenters. The van der Waals surface area contributed by atoms with Crippen LogP contribution in [0.2, 0.25) is 0 Å². The SMILES string of the molecule is CC(=O)OC[C@H]1O[C@@H](OCCOP(=O)(NCCCc2ccccc2)OCCO[C@@H]2O[C@H](COC(C)=O)[C@H](OC(C)=O)[C@H](OC(C)=O)[C@H]2OC(C)=O)[C@H](OC(C)=O)[C@@H](OC(C)=O)[C@H]1OC(C)=O. The van der Waals surface area contributed by atoms with E-state index in [-0.39, 0.29) is 6.54 Å². The van der Waals surface area contributed by atoms with E-state index in [9.17, 15) is 42.9 Å². The van der Waals surface area contributed by atoms with Gasteiger partial charge < -0.3 is 56.8 Å². The largest absolute Gasteiger partial charge is 0.463 e. The smallest absolute Gasteiger partial charge is 0.405 e. The molecule has 0 aromatic heterocycles. The molecule has 2 aliphatic rings. The molecule has 2 saturated heterocycles. The van der Waals surface area contributed by atoms with E-state index >= 15 is 0 Å². The topological polar surface area (TPSA) is 295 Å². The minimum atomic E-state index is -4.27. The highest BCUT2D eigenvalue weighted by Gasteiger charge is 2.54. The Morgan fingerprint density at radius 1 is 0.500 bits per heavy atom. The zero-order valence-electron chi connectivity index (χ0n) is 37.9. The molecule has 24 nitrogen and oxygen atoms in total. The third-order valence-electron chi connectivity index (χ3n) is 8.94. The van der Waals surface area contributed by atoms with Crippen LogP contribution in [-0.2, 0) is 115 Å². The predicted octanol–water partition coefficient (Wildman–Crippen LogP) is 1.55. The maximum Gasteiger partial charge on any atom is 0.405 e. The highest BCUT2D eigenvalue weighted by molar-refractivity contribution is 7.51. The molecule has 0 bridgehead atoms. The molecule has 2 aliphatic heterocycles. The van der Waals surface area contributed by atoms with Crippen LogP contribution in [0.25, 0.3) is 0 Å². The van der Waals surface area contributed by atoms with Crippen molar-refractivity contribution in [2.24, 2.45) is 0 Å². The summed E-state index contributed by atoms with van der Waals surface area (Å²) in [5.74, 6) is -6.47. The van der Waals surface area contributed by atoms with Crippen molar-refractivity contribution in [3.8, 4) is 0 Å². The van der Waals surface area contributed by atoms with E-state index < -0.39 is 157 Å². The lowest BCUT2D eigenvalue weighted by molar-refractivity contribution is -0.309. The average Bonchev–Trinajstić information content (AvgIpc) is 3.21. The predicted molar refractivity (Wildman–Crippen MR) is 218 cm³/mol. The van der Waals surface area contributed by atoms with E-state index in [4.69, 9.17) is 65.9 Å². The molecule has 1 aromatic rings. The first-order valence-electron chi connectivity index (χ1n) is 20.7. The van der Waals surface area contributed by atoms with Crippen molar-refractivity contribution in [1.29, 1.82) is 0 Å². The molecule has 370 valence electrons. The van der Waals surface area contributed by atoms with Gasteiger partial charge in [-0.3, -0.25) is 47.4 Å². The minimum Gasteiger partial charge on any atom is -0.463 e. The van der Waals surface area contributed by atoms with Gasteiger partial charge in [0.05, 0.1) is 26.4 Å². The van der Waals surface area contributed by atoms with Gasteiger partial charge in [-0.05, 0) is 18.4 Å². The number of aryl methyl sites for hydroxylation is 1. The first-order chi connectivity index (χ1) is 31.2. The third-order valence-corrected chi connectivity index (χ3v) is 10.6. The number of carbonyl (C=O) groups is 8. The Morgan fingerprint density at radius 3 is 1.23 bits per heavy atom. The molecule has 0 saturated carbocycles. The molecule has 3 rings (SSSR count). The van der Waals surface area contributed by atoms with Crippen LogP contribution >= 0.6 is 7.75 Å². The summed E-state index contributed by atoms with van der Waals surface area (Å²) in [5, 5.41) is 2.78. The van der Waals surface area contributed by atoms with Crippen molar-refractivity contribution in [2.75, 3.05) is 46.2 Å². The first-order valence-corrected chi connectivity index (χ1v) is 22.2. The molecule has 0 amide bonds. The van der Waals surface area contributed by atoms with Crippen molar-refractivity contribution in [1.82, 2.24) is 5.09 Å². The molecule has 0 radical (unpaired) electrons. The number of benzene rings is 1. The van der Waals surface area contributed by atoms with E-state index in [1.165, 1.54) is 0 Å². The Labute approximate surface area is 380 Å². The van der Waals surface area contributed by atoms with Crippen molar-refractivity contribution in [3.05, 3.63) is 35.9 Å². The van der Waals surface area contributed by atoms with Gasteiger partial charge in [-0.1, -0.05) is 30.3 Å². The summed E-state index contributed by atoms with van der Waals surface area (Å²) in [6.07, 6.45) is -13.5. The quantitative estimate of drug-likeness (QED) is 0.0629. The van der Waals surface area contributed by atoms with Gasteiger partial charge in [0.15, 0.2) is 49.2 Å². The Balaban J connectivity index is 1.81. The highest BCUT2D eigenvalue weighted by atomic mass is 31.2. The number of ether oxygens (including phenoxy) is 12. The number of hydrogen-bond donors (Lipinski definition) is 1. The molecule has 25 heteroatoms. The Hall–Kier alpha value is -5.07. The normalized spacial score (nSPS) is 25.8. The van der Waals surface area contributed by atoms with Crippen LogP contribution in [0.4, 0.5) is 0 Å². The molecular weight excluding hydrogens is 905 g/mol. The molecule has 2 heterocycles. The maximum atomic E-state index is 14.2. The summed E-state index contributed by atoms with van der Waals surface area (Å²) >= 11 is 0. The average molecular weight is 964 g/mol. The molecule has 0 spiro atoms. The van der Waals surface area contributed by atoms with Crippen LogP contribution < -0.4 is 5.09 Å². The van der Waals surface area contributed by atoms with Gasteiger partial charge in [0, 0.05) is 61.9 Å². The van der Waals surface area contributed by atoms with Gasteiger partial charge in [-0.15, -0.1) is 0 Å². The highest BCUT2D eigenvalue weighted by Crippen LogP contribution is 2.43. The second kappa shape index (κ2) is 27.5. The zero-order chi connectivity index (χ0) is 49.0. The van der Waals surface area contributed by atoms with Crippen molar-refractivity contribution >= 4 is 55.5 Å². The number of rotatable bonds is 25. The number of nitrogens with one attached hydrogen (secondary N) is 1. The van der Waals surface area contributed by atoms with E-state index in [0.717, 1.165) is 61.0 Å². The van der Waals surface area contributed by atoms with Gasteiger partial charge in [-0.2, -0.15) is 0 Å². The number of esters is 8. The molecule has 1 aromatic carbocycles. The Kier molecular flexibility index (Phi) is 23.1. The fourth-order valence-electron chi connectivity index (χ4n) is 6.57. The van der Waals surface area contributed by atoms with Gasteiger partial charge in [0.1, 0.15) is 25.4 Å². The van der Waals surface area contributed by atoms with Crippen LogP contribution in [0.3, 0.4) is 0 Å². The molecule has 10 atom stereocenters. The van der Waals surface area contributed by atoms with Gasteiger partial charge in [-0.25, -0.2) is 9.65 Å². The number of carbonyl (C=O) groups excluding carboxylic acids is 8. The first kappa shape index (κ1) is 55.3. The van der Waals surface area contributed by atoms with Crippen molar-refractivity contribution in [3.63, 3.8) is 0 Å². The minimum absolute atomic E-state index is 0.118. The Bertz CT molecular complexity index is 1740. The fourth-order valence-corrected chi connectivity index (χ4v) is 7.89. The molecule has 2 fully saturated rings. The van der Waals surface area contributed by atoms with Crippen molar-refractivity contribution < 1.29 is 109 Å². The standard InChI is InChI=1S/C41H58NO23P/c1-23(43)54-21-32-34(58-25(3)45)36(60-27(5)47)38(62-29(7)49)40(64-32)52-17-19-56-66(51,42-16-12-15-31-13-10-9-11-14-31)57-20-18-53-41-39(63-30(8)50)37(61-28(6)48)35(59-26(4)46)33(65-41)22-55-24(2)44/h9-11,13-14,32-41H,12,15-22H2,1-8H3,(H,42,51)/t32-,33-,34+,35+,36+,37+,38-,39-,40-,41-/m1/s1. The second-order valence-electron chi connectivity index (χ2n) is 14.5. The van der Waals surface area contributed by atoms with Crippen LogP contribution in [0, 0.1) is 0 Å². The molecular formula is C41H58NO23P. The van der Waals surface area contributed by atoms with Gasteiger partial charge >= 0.3 is 55.5 Å². The summed E-state index contributed by atoms with van der Waals surface area (Å²) in [4.78, 5) is 96.4. The molecule has 1 N–H and O–H groups in total. The summed E-state index contributed by atoms with van der Waals surface area (Å²) < 4.78 is 91.8. The van der Waals surface area contributed by atoms with Gasteiger partial charge in [0.25, 0.3) is 0 Å². The molecule has 0 aliphatic carbocycles. The fraction of sp³-hybridized carbons (Fsp3) is 0.659. The lowest BCUT2D eigenvalue weighted by Crippen LogP contribution is -2.63. The van der Waals surface area contributed by atoms with Crippen LogP contribution in [0.15, 0.2) is 30.3 Å². The monoisotopic (exact) mass is 963 g/mol. The zero-order valence-corrected chi connectivity index (χ0v) is 38.8. The van der Waals surface area contributed by atoms with Crippen LogP contribution in [0.5, 0.6) is 0 Å². The summed E-state index contributed by atoms with van der Waals surface area (Å²) in [6, 6.07) is 9.45. The summed E-state index contributed by atoms with van der Waals surface area (Å²) in [7, 11) is -4.27. The van der Waals surface area contributed by atoms with Crippen LogP contribution in [0.1, 0.15) is 67.4 Å². The molecule has 66 heavy (non-hydrogen) atoms. The van der Waals surface area contributed by atoms with Gasteiger partial charge in [0.2, 0.25) is 0 Å². The summed E-state index contributed by atoms with van der Waals surface area (Å²) in [5.41, 5.74) is 1.01. The third kappa shape index (κ3) is 19.4. The summed E-state index contributed by atoms with van der Waals surface area (Å²) in [6.45, 7) is 5.96. The lowest BCUT2D eigenvalue weighted by Gasteiger charge is -2.44. The van der Waals surface area contributed by atoms with E-state index in [1.54, 1.807) is 0 Å². The van der Waals surface area contributed by atoms with Crippen molar-refractivity contribution in [2.45, 2.75) is 130 Å². The maximum absolute atomic E-state index is 14.2. The Morgan fingerprint density at radius 2 is 0.864 bits per heavy atom. The van der Waals surface area contributed by atoms with E-state index in [0.29, 0.717) is 12.8 Å². The van der Waals surface area contributed by atoms with E-state index in [2.05, 4.69) is 5.09 Å². The lowest BCUT2D eigenvalue weighted by atomic mass is 9.98. The number of hydrogen-bond acceptors (Lipinski definition) is 23. The van der Waals surface area contributed by atoms with Crippen LogP contribution in [-0.4, -0.2) is 155 Å². The van der Waals surface area contributed by atoms with E-state index in [1.807, 2.05) is 30.3 Å². The second-order valence-corrected chi connectivity index (χ2v) is 16.4.